The van der Waals surface area contributed by atoms with Gasteiger partial charge in [-0.3, -0.25) is 5.10 Å². The number of aromatic amines is 1. The smallest absolute Gasteiger partial charge is 0.243 e. The Hall–Kier alpha value is -1.25. The van der Waals surface area contributed by atoms with E-state index in [9.17, 15) is 12.8 Å². The van der Waals surface area contributed by atoms with E-state index >= 15 is 0 Å². The number of sulfonamides is 1. The summed E-state index contributed by atoms with van der Waals surface area (Å²) in [5.41, 5.74) is 0.594. The molecule has 2 rings (SSSR count). The van der Waals surface area contributed by atoms with Gasteiger partial charge >= 0.3 is 0 Å². The summed E-state index contributed by atoms with van der Waals surface area (Å²) in [4.78, 5) is -0.384. The summed E-state index contributed by atoms with van der Waals surface area (Å²) in [6, 6.07) is 5.40. The van der Waals surface area contributed by atoms with Gasteiger partial charge in [0.05, 0.1) is 12.2 Å². The van der Waals surface area contributed by atoms with Crippen LogP contribution in [0.4, 0.5) is 4.39 Å². The Labute approximate surface area is 112 Å². The Morgan fingerprint density at radius 1 is 1.39 bits per heavy atom. The lowest BCUT2D eigenvalue weighted by Gasteiger charge is -2.06. The maximum Gasteiger partial charge on any atom is 0.243 e. The number of aromatic nitrogens is 2. The van der Waals surface area contributed by atoms with Crippen LogP contribution in [0.3, 0.4) is 0 Å². The SMILES string of the molecule is O=S(=O)(NCc1ccn[nH]1)c1ccc(Br)cc1F. The molecule has 0 spiro atoms. The highest BCUT2D eigenvalue weighted by molar-refractivity contribution is 9.10. The van der Waals surface area contributed by atoms with Gasteiger partial charge in [-0.25, -0.2) is 17.5 Å². The highest BCUT2D eigenvalue weighted by atomic mass is 79.9. The van der Waals surface area contributed by atoms with Crippen molar-refractivity contribution in [3.05, 3.63) is 46.4 Å². The molecule has 0 aliphatic carbocycles. The molecule has 0 unspecified atom stereocenters. The maximum absolute atomic E-state index is 13.5. The van der Waals surface area contributed by atoms with Crippen LogP contribution < -0.4 is 4.72 Å². The molecule has 1 aromatic carbocycles. The zero-order chi connectivity index (χ0) is 13.2. The number of halogens is 2. The summed E-state index contributed by atoms with van der Waals surface area (Å²) in [5, 5.41) is 6.29. The number of benzene rings is 1. The van der Waals surface area contributed by atoms with Crippen LogP contribution in [0.5, 0.6) is 0 Å². The van der Waals surface area contributed by atoms with Gasteiger partial charge in [-0.05, 0) is 24.3 Å². The molecule has 0 aliphatic heterocycles. The van der Waals surface area contributed by atoms with Crippen LogP contribution >= 0.6 is 15.9 Å². The number of hydrogen-bond donors (Lipinski definition) is 2. The van der Waals surface area contributed by atoms with E-state index in [0.29, 0.717) is 10.2 Å². The minimum absolute atomic E-state index is 0.0256. The van der Waals surface area contributed by atoms with E-state index in [1.54, 1.807) is 6.07 Å². The number of nitrogens with one attached hydrogen (secondary N) is 2. The van der Waals surface area contributed by atoms with Gasteiger partial charge in [-0.15, -0.1) is 0 Å². The lowest BCUT2D eigenvalue weighted by Crippen LogP contribution is -2.24. The Kier molecular flexibility index (Phi) is 3.79. The van der Waals surface area contributed by atoms with Crippen molar-refractivity contribution < 1.29 is 12.8 Å². The molecule has 5 nitrogen and oxygen atoms in total. The summed E-state index contributed by atoms with van der Waals surface area (Å²) in [5.74, 6) is -0.804. The van der Waals surface area contributed by atoms with Gasteiger partial charge in [0.2, 0.25) is 10.0 Å². The second-order valence-corrected chi connectivity index (χ2v) is 6.13. The topological polar surface area (TPSA) is 74.8 Å². The lowest BCUT2D eigenvalue weighted by atomic mass is 10.3. The molecule has 0 amide bonds. The fourth-order valence-electron chi connectivity index (χ4n) is 1.33. The summed E-state index contributed by atoms with van der Waals surface area (Å²) < 4.78 is 40.0. The van der Waals surface area contributed by atoms with E-state index < -0.39 is 15.8 Å². The fraction of sp³-hybridized carbons (Fsp3) is 0.100. The third kappa shape index (κ3) is 2.95. The number of rotatable bonds is 4. The van der Waals surface area contributed by atoms with Crippen LogP contribution in [-0.4, -0.2) is 18.6 Å². The molecule has 0 radical (unpaired) electrons. The lowest BCUT2D eigenvalue weighted by molar-refractivity contribution is 0.556. The predicted octanol–water partition coefficient (Wildman–Crippen LogP) is 1.79. The van der Waals surface area contributed by atoms with Crippen molar-refractivity contribution in [2.75, 3.05) is 0 Å². The normalized spacial score (nSPS) is 11.7. The summed E-state index contributed by atoms with van der Waals surface area (Å²) in [6.07, 6.45) is 1.50. The molecular weight excluding hydrogens is 325 g/mol. The second kappa shape index (κ2) is 5.17. The standard InChI is InChI=1S/C10H9BrFN3O2S/c11-7-1-2-10(9(12)5-7)18(16,17)14-6-8-3-4-13-15-8/h1-5,14H,6H2,(H,13,15). The molecule has 1 aromatic heterocycles. The monoisotopic (exact) mass is 333 g/mol. The van der Waals surface area contributed by atoms with Crippen molar-refractivity contribution >= 4 is 26.0 Å². The van der Waals surface area contributed by atoms with E-state index in [2.05, 4.69) is 30.8 Å². The second-order valence-electron chi connectivity index (χ2n) is 3.48. The molecule has 0 bridgehead atoms. The van der Waals surface area contributed by atoms with Gasteiger partial charge in [0.15, 0.2) is 0 Å². The Bertz CT molecular complexity index is 643. The first kappa shape index (κ1) is 13.2. The molecule has 18 heavy (non-hydrogen) atoms. The van der Waals surface area contributed by atoms with E-state index in [1.807, 2.05) is 0 Å². The average molecular weight is 334 g/mol. The average Bonchev–Trinajstić information content (AvgIpc) is 2.78. The first-order valence-electron chi connectivity index (χ1n) is 4.92. The molecule has 0 aliphatic rings. The molecule has 0 fully saturated rings. The van der Waals surface area contributed by atoms with Crippen molar-refractivity contribution in [3.8, 4) is 0 Å². The summed E-state index contributed by atoms with van der Waals surface area (Å²) in [6.45, 7) is 0.0256. The molecule has 96 valence electrons. The van der Waals surface area contributed by atoms with Crippen molar-refractivity contribution in [3.63, 3.8) is 0 Å². The molecule has 8 heteroatoms. The number of H-pyrrole nitrogens is 1. The third-order valence-corrected chi connectivity index (χ3v) is 4.12. The van der Waals surface area contributed by atoms with E-state index in [-0.39, 0.29) is 11.4 Å². The maximum atomic E-state index is 13.5. The Balaban J connectivity index is 2.20. The van der Waals surface area contributed by atoms with Crippen molar-refractivity contribution in [2.45, 2.75) is 11.4 Å². The number of hydrogen-bond acceptors (Lipinski definition) is 3. The van der Waals surface area contributed by atoms with E-state index in [4.69, 9.17) is 0 Å². The summed E-state index contributed by atoms with van der Waals surface area (Å²) in [7, 11) is -3.88. The van der Waals surface area contributed by atoms with Gasteiger partial charge in [0.1, 0.15) is 10.7 Å². The minimum Gasteiger partial charge on any atom is -0.281 e. The van der Waals surface area contributed by atoms with Gasteiger partial charge < -0.3 is 0 Å². The molecule has 1 heterocycles. The molecular formula is C10H9BrFN3O2S. The highest BCUT2D eigenvalue weighted by Gasteiger charge is 2.18. The molecule has 2 N–H and O–H groups in total. The van der Waals surface area contributed by atoms with Crippen LogP contribution in [0.15, 0.2) is 39.8 Å². The molecule has 0 saturated carbocycles. The first-order chi connectivity index (χ1) is 8.49. The van der Waals surface area contributed by atoms with E-state index in [0.717, 1.165) is 6.07 Å². The largest absolute Gasteiger partial charge is 0.281 e. The minimum atomic E-state index is -3.88. The van der Waals surface area contributed by atoms with Gasteiger partial charge in [0, 0.05) is 10.7 Å². The van der Waals surface area contributed by atoms with Crippen LogP contribution in [-0.2, 0) is 16.6 Å². The highest BCUT2D eigenvalue weighted by Crippen LogP contribution is 2.19. The fourth-order valence-corrected chi connectivity index (χ4v) is 2.72. The van der Waals surface area contributed by atoms with Crippen molar-refractivity contribution in [1.29, 1.82) is 0 Å². The Morgan fingerprint density at radius 3 is 2.78 bits per heavy atom. The predicted molar refractivity (Wildman–Crippen MR) is 66.7 cm³/mol. The Morgan fingerprint density at radius 2 is 2.17 bits per heavy atom. The van der Waals surface area contributed by atoms with Gasteiger partial charge in [-0.2, -0.15) is 5.10 Å². The van der Waals surface area contributed by atoms with Crippen molar-refractivity contribution in [2.24, 2.45) is 0 Å². The van der Waals surface area contributed by atoms with E-state index in [1.165, 1.54) is 18.3 Å². The summed E-state index contributed by atoms with van der Waals surface area (Å²) >= 11 is 3.07. The first-order valence-corrected chi connectivity index (χ1v) is 7.19. The van der Waals surface area contributed by atoms with Gasteiger partial charge in [0.25, 0.3) is 0 Å². The van der Waals surface area contributed by atoms with Crippen LogP contribution in [0.25, 0.3) is 0 Å². The van der Waals surface area contributed by atoms with Gasteiger partial charge in [-0.1, -0.05) is 15.9 Å². The quantitative estimate of drug-likeness (QED) is 0.895. The third-order valence-electron chi connectivity index (χ3n) is 2.19. The molecule has 0 saturated heterocycles. The van der Waals surface area contributed by atoms with Crippen LogP contribution in [0.1, 0.15) is 5.69 Å². The molecule has 0 atom stereocenters. The van der Waals surface area contributed by atoms with Crippen LogP contribution in [0.2, 0.25) is 0 Å². The zero-order valence-corrected chi connectivity index (χ0v) is 11.4. The molecule has 2 aromatic rings. The van der Waals surface area contributed by atoms with Crippen LogP contribution in [0, 0.1) is 5.82 Å². The van der Waals surface area contributed by atoms with Crippen molar-refractivity contribution in [1.82, 2.24) is 14.9 Å². The zero-order valence-electron chi connectivity index (χ0n) is 9.02. The number of nitrogens with zero attached hydrogens (tertiary/aromatic N) is 1.